The van der Waals surface area contributed by atoms with Crippen molar-refractivity contribution in [1.29, 1.82) is 0 Å². The van der Waals surface area contributed by atoms with Crippen LogP contribution in [-0.4, -0.2) is 18.9 Å². The van der Waals surface area contributed by atoms with E-state index in [0.29, 0.717) is 0 Å². The van der Waals surface area contributed by atoms with E-state index in [1.807, 2.05) is 37.3 Å². The maximum Gasteiger partial charge on any atom is 0.167 e. The molecule has 0 amide bonds. The van der Waals surface area contributed by atoms with Gasteiger partial charge in [-0.05, 0) is 31.5 Å². The number of nitrogens with zero attached hydrogens (tertiary/aromatic N) is 1. The molecule has 1 unspecified atom stereocenters. The van der Waals surface area contributed by atoms with Gasteiger partial charge in [0, 0.05) is 30.3 Å². The number of benzene rings is 2. The Morgan fingerprint density at radius 3 is 2.43 bits per heavy atom. The number of anilines is 1. The molecule has 1 atom stereocenters. The van der Waals surface area contributed by atoms with Crippen LogP contribution in [0.25, 0.3) is 0 Å². The number of carbonyl (C=O) groups is 1. The number of rotatable bonds is 6. The van der Waals surface area contributed by atoms with Crippen molar-refractivity contribution in [3.63, 3.8) is 0 Å². The first kappa shape index (κ1) is 15.3. The van der Waals surface area contributed by atoms with Crippen LogP contribution < -0.4 is 4.90 Å². The van der Waals surface area contributed by atoms with Crippen LogP contribution >= 0.6 is 0 Å². The van der Waals surface area contributed by atoms with Crippen LogP contribution in [0.1, 0.15) is 29.8 Å². The normalized spacial score (nSPS) is 12.0. The highest BCUT2D eigenvalue weighted by Crippen LogP contribution is 2.18. The lowest BCUT2D eigenvalue weighted by atomic mass is 9.98. The summed E-state index contributed by atoms with van der Waals surface area (Å²) in [6.07, 6.45) is 0. The zero-order valence-corrected chi connectivity index (χ0v) is 13.0. The van der Waals surface area contributed by atoms with E-state index in [1.54, 1.807) is 0 Å². The molecule has 2 aromatic rings. The zero-order valence-electron chi connectivity index (χ0n) is 13.0. The van der Waals surface area contributed by atoms with Crippen LogP contribution in [0, 0.1) is 12.8 Å². The molecular weight excluding hydrogens is 258 g/mol. The predicted molar refractivity (Wildman–Crippen MR) is 89.0 cm³/mol. The number of carbonyl (C=O) groups excluding carboxylic acids is 1. The molecule has 0 aromatic heterocycles. The Hall–Kier alpha value is -2.09. The standard InChI is InChI=1S/C19H23NO/c1-4-20(18-12-8-9-15(2)13-18)14-16(3)19(21)17-10-6-5-7-11-17/h5-13,16H,4,14H2,1-3H3. The third kappa shape index (κ3) is 3.94. The molecule has 0 N–H and O–H groups in total. The van der Waals surface area contributed by atoms with Crippen LogP contribution in [0.5, 0.6) is 0 Å². The van der Waals surface area contributed by atoms with E-state index < -0.39 is 0 Å². The molecule has 2 aromatic carbocycles. The highest BCUT2D eigenvalue weighted by molar-refractivity contribution is 5.97. The van der Waals surface area contributed by atoms with Gasteiger partial charge in [-0.15, -0.1) is 0 Å². The molecule has 0 heterocycles. The van der Waals surface area contributed by atoms with Gasteiger partial charge in [0.25, 0.3) is 0 Å². The molecule has 21 heavy (non-hydrogen) atoms. The van der Waals surface area contributed by atoms with Crippen LogP contribution in [-0.2, 0) is 0 Å². The van der Waals surface area contributed by atoms with Crippen molar-refractivity contribution in [3.8, 4) is 0 Å². The number of Topliss-reactive ketones (excluding diaryl/α,β-unsaturated/α-hetero) is 1. The predicted octanol–water partition coefficient (Wildman–Crippen LogP) is 4.34. The fraction of sp³-hybridized carbons (Fsp3) is 0.316. The van der Waals surface area contributed by atoms with Crippen molar-refractivity contribution in [3.05, 3.63) is 65.7 Å². The van der Waals surface area contributed by atoms with E-state index >= 15 is 0 Å². The molecule has 0 radical (unpaired) electrons. The van der Waals surface area contributed by atoms with Crippen LogP contribution in [0.2, 0.25) is 0 Å². The fourth-order valence-electron chi connectivity index (χ4n) is 2.54. The first-order chi connectivity index (χ1) is 10.1. The largest absolute Gasteiger partial charge is 0.371 e. The Morgan fingerprint density at radius 1 is 1.10 bits per heavy atom. The summed E-state index contributed by atoms with van der Waals surface area (Å²) in [6.45, 7) is 7.87. The second kappa shape index (κ2) is 7.07. The number of aryl methyl sites for hydroxylation is 1. The quantitative estimate of drug-likeness (QED) is 0.734. The minimum Gasteiger partial charge on any atom is -0.371 e. The lowest BCUT2D eigenvalue weighted by Gasteiger charge is -2.26. The second-order valence-corrected chi connectivity index (χ2v) is 5.51. The van der Waals surface area contributed by atoms with Gasteiger partial charge in [-0.25, -0.2) is 0 Å². The van der Waals surface area contributed by atoms with Gasteiger partial charge in [-0.1, -0.05) is 49.4 Å². The topological polar surface area (TPSA) is 20.3 Å². The molecule has 2 nitrogen and oxygen atoms in total. The highest BCUT2D eigenvalue weighted by Gasteiger charge is 2.18. The van der Waals surface area contributed by atoms with Gasteiger partial charge in [0.2, 0.25) is 0 Å². The SMILES string of the molecule is CCN(CC(C)C(=O)c1ccccc1)c1cccc(C)c1. The Morgan fingerprint density at radius 2 is 1.81 bits per heavy atom. The fourth-order valence-corrected chi connectivity index (χ4v) is 2.54. The molecule has 2 rings (SSSR count). The van der Waals surface area contributed by atoms with Crippen LogP contribution in [0.15, 0.2) is 54.6 Å². The third-order valence-corrected chi connectivity index (χ3v) is 3.75. The molecular formula is C19H23NO. The molecule has 0 bridgehead atoms. The zero-order chi connectivity index (χ0) is 15.2. The summed E-state index contributed by atoms with van der Waals surface area (Å²) in [5.41, 5.74) is 3.23. The minimum atomic E-state index is -0.0205. The maximum absolute atomic E-state index is 12.5. The van der Waals surface area contributed by atoms with Crippen molar-refractivity contribution in [2.24, 2.45) is 5.92 Å². The Bertz CT molecular complexity index is 592. The summed E-state index contributed by atoms with van der Waals surface area (Å²) in [4.78, 5) is 14.7. The highest BCUT2D eigenvalue weighted by atomic mass is 16.1. The Labute approximate surface area is 127 Å². The van der Waals surface area contributed by atoms with E-state index in [-0.39, 0.29) is 11.7 Å². The molecule has 2 heteroatoms. The number of ketones is 1. The van der Waals surface area contributed by atoms with Crippen LogP contribution in [0.3, 0.4) is 0 Å². The lowest BCUT2D eigenvalue weighted by molar-refractivity contribution is 0.0933. The summed E-state index contributed by atoms with van der Waals surface area (Å²) in [6, 6.07) is 18.0. The molecule has 0 fully saturated rings. The van der Waals surface area contributed by atoms with Gasteiger partial charge in [0.1, 0.15) is 0 Å². The van der Waals surface area contributed by atoms with E-state index in [1.165, 1.54) is 11.3 Å². The molecule has 0 saturated carbocycles. The average Bonchev–Trinajstić information content (AvgIpc) is 2.52. The average molecular weight is 281 g/mol. The number of hydrogen-bond donors (Lipinski definition) is 0. The van der Waals surface area contributed by atoms with Crippen molar-refractivity contribution in [1.82, 2.24) is 0 Å². The van der Waals surface area contributed by atoms with Crippen molar-refractivity contribution in [2.45, 2.75) is 20.8 Å². The van der Waals surface area contributed by atoms with Gasteiger partial charge < -0.3 is 4.90 Å². The van der Waals surface area contributed by atoms with Gasteiger partial charge in [-0.3, -0.25) is 4.79 Å². The van der Waals surface area contributed by atoms with Gasteiger partial charge in [-0.2, -0.15) is 0 Å². The third-order valence-electron chi connectivity index (χ3n) is 3.75. The first-order valence-corrected chi connectivity index (χ1v) is 7.52. The summed E-state index contributed by atoms with van der Waals surface area (Å²) in [5, 5.41) is 0. The Balaban J connectivity index is 2.10. The van der Waals surface area contributed by atoms with Gasteiger partial charge >= 0.3 is 0 Å². The molecule has 0 aliphatic rings. The summed E-state index contributed by atoms with van der Waals surface area (Å²) < 4.78 is 0. The van der Waals surface area contributed by atoms with E-state index in [4.69, 9.17) is 0 Å². The van der Waals surface area contributed by atoms with E-state index in [9.17, 15) is 4.79 Å². The Kier molecular flexibility index (Phi) is 5.15. The maximum atomic E-state index is 12.5. The summed E-state index contributed by atoms with van der Waals surface area (Å²) in [7, 11) is 0. The van der Waals surface area contributed by atoms with Gasteiger partial charge in [0.15, 0.2) is 5.78 Å². The second-order valence-electron chi connectivity index (χ2n) is 5.51. The van der Waals surface area contributed by atoms with Crippen molar-refractivity contribution < 1.29 is 4.79 Å². The molecule has 0 aliphatic carbocycles. The van der Waals surface area contributed by atoms with Gasteiger partial charge in [0.05, 0.1) is 0 Å². The summed E-state index contributed by atoms with van der Waals surface area (Å²) >= 11 is 0. The first-order valence-electron chi connectivity index (χ1n) is 7.52. The summed E-state index contributed by atoms with van der Waals surface area (Å²) in [5.74, 6) is 0.189. The minimum absolute atomic E-state index is 0.0205. The smallest absolute Gasteiger partial charge is 0.167 e. The molecule has 0 spiro atoms. The van der Waals surface area contributed by atoms with E-state index in [2.05, 4.69) is 43.0 Å². The van der Waals surface area contributed by atoms with E-state index in [0.717, 1.165) is 18.7 Å². The monoisotopic (exact) mass is 281 g/mol. The number of hydrogen-bond acceptors (Lipinski definition) is 2. The molecule has 0 aliphatic heterocycles. The lowest BCUT2D eigenvalue weighted by Crippen LogP contribution is -2.31. The van der Waals surface area contributed by atoms with Crippen LogP contribution in [0.4, 0.5) is 5.69 Å². The molecule has 0 saturated heterocycles. The van der Waals surface area contributed by atoms with Crippen molar-refractivity contribution >= 4 is 11.5 Å². The van der Waals surface area contributed by atoms with Crippen molar-refractivity contribution in [2.75, 3.05) is 18.0 Å². The molecule has 110 valence electrons.